The maximum atomic E-state index is 12.0. The highest BCUT2D eigenvalue weighted by Gasteiger charge is 2.12. The van der Waals surface area contributed by atoms with Crippen LogP contribution in [0.2, 0.25) is 0 Å². The summed E-state index contributed by atoms with van der Waals surface area (Å²) in [7, 11) is 0. The molecule has 0 radical (unpaired) electrons. The van der Waals surface area contributed by atoms with Crippen molar-refractivity contribution < 1.29 is 9.59 Å². The van der Waals surface area contributed by atoms with Crippen LogP contribution in [-0.2, 0) is 4.79 Å². The van der Waals surface area contributed by atoms with Gasteiger partial charge >= 0.3 is 0 Å². The molecule has 0 unspecified atom stereocenters. The van der Waals surface area contributed by atoms with Gasteiger partial charge in [0.2, 0.25) is 0 Å². The van der Waals surface area contributed by atoms with Gasteiger partial charge in [-0.15, -0.1) is 11.3 Å². The number of amides is 2. The lowest BCUT2D eigenvalue weighted by Crippen LogP contribution is -2.44. The number of thiophene rings is 1. The maximum Gasteiger partial charge on any atom is 0.270 e. The molecule has 2 amide bonds. The van der Waals surface area contributed by atoms with E-state index in [2.05, 4.69) is 16.2 Å². The first-order valence-corrected chi connectivity index (χ1v) is 8.16. The van der Waals surface area contributed by atoms with E-state index in [1.165, 1.54) is 5.56 Å². The summed E-state index contributed by atoms with van der Waals surface area (Å²) in [5, 5.41) is 3.06. The predicted molar refractivity (Wildman–Crippen MR) is 93.8 cm³/mol. The summed E-state index contributed by atoms with van der Waals surface area (Å²) >= 11 is 1.56. The zero-order valence-electron chi connectivity index (χ0n) is 13.7. The van der Waals surface area contributed by atoms with Gasteiger partial charge in [0.15, 0.2) is 0 Å². The van der Waals surface area contributed by atoms with Crippen molar-refractivity contribution in [3.8, 4) is 0 Å². The molecule has 6 heteroatoms. The predicted octanol–water partition coefficient (Wildman–Crippen LogP) is 2.85. The number of carbonyl (C=O) groups is 2. The average Bonchev–Trinajstić information content (AvgIpc) is 2.82. The Morgan fingerprint density at radius 3 is 2.39 bits per heavy atom. The normalized spacial score (nSPS) is 10.3. The number of carbonyl (C=O) groups excluding carboxylic acids is 2. The van der Waals surface area contributed by atoms with Crippen LogP contribution in [0, 0.1) is 27.7 Å². The maximum absolute atomic E-state index is 12.0. The van der Waals surface area contributed by atoms with Crippen molar-refractivity contribution >= 4 is 28.8 Å². The molecule has 0 atom stereocenters. The topological polar surface area (TPSA) is 70.2 Å². The number of rotatable bonds is 4. The molecule has 3 N–H and O–H groups in total. The van der Waals surface area contributed by atoms with Crippen LogP contribution in [-0.4, -0.2) is 18.4 Å². The summed E-state index contributed by atoms with van der Waals surface area (Å²) in [6.45, 7) is 7.92. The zero-order chi connectivity index (χ0) is 17.0. The molecule has 0 saturated carbocycles. The molecular weight excluding hydrogens is 310 g/mol. The highest BCUT2D eigenvalue weighted by molar-refractivity contribution is 7.12. The number of hydrogen-bond donors (Lipinski definition) is 3. The fourth-order valence-corrected chi connectivity index (χ4v) is 3.20. The Bertz CT molecular complexity index is 737. The van der Waals surface area contributed by atoms with Gasteiger partial charge in [0.05, 0.1) is 12.1 Å². The van der Waals surface area contributed by atoms with E-state index >= 15 is 0 Å². The molecule has 0 aliphatic rings. The number of aryl methyl sites for hydroxylation is 4. The molecule has 5 nitrogen and oxygen atoms in total. The molecule has 1 heterocycles. The van der Waals surface area contributed by atoms with Crippen LogP contribution in [0.1, 0.15) is 31.2 Å². The van der Waals surface area contributed by atoms with Gasteiger partial charge in [-0.25, -0.2) is 0 Å². The Labute approximate surface area is 140 Å². The molecule has 0 bridgehead atoms. The fourth-order valence-electron chi connectivity index (χ4n) is 2.28. The molecule has 1 aromatic heterocycles. The SMILES string of the molecule is Cc1ccc(NCC(=O)NNC(=O)c2cc(C)sc2C)c(C)c1. The lowest BCUT2D eigenvalue weighted by Gasteiger charge is -2.11. The smallest absolute Gasteiger partial charge is 0.270 e. The summed E-state index contributed by atoms with van der Waals surface area (Å²) in [5.74, 6) is -0.602. The quantitative estimate of drug-likeness (QED) is 0.755. The summed E-state index contributed by atoms with van der Waals surface area (Å²) in [5.41, 5.74) is 8.61. The molecule has 0 spiro atoms. The zero-order valence-corrected chi connectivity index (χ0v) is 14.6. The molecule has 0 aliphatic carbocycles. The first-order chi connectivity index (χ1) is 10.9. The van der Waals surface area contributed by atoms with Crippen molar-refractivity contribution in [1.82, 2.24) is 10.9 Å². The second-order valence-electron chi connectivity index (χ2n) is 5.50. The minimum absolute atomic E-state index is 0.0891. The van der Waals surface area contributed by atoms with Crippen LogP contribution >= 0.6 is 11.3 Å². The number of nitrogens with one attached hydrogen (secondary N) is 3. The van der Waals surface area contributed by atoms with Crippen molar-refractivity contribution in [3.05, 3.63) is 50.7 Å². The van der Waals surface area contributed by atoms with E-state index in [1.807, 2.05) is 52.0 Å². The fraction of sp³-hybridized carbons (Fsp3) is 0.294. The van der Waals surface area contributed by atoms with Gasteiger partial charge < -0.3 is 5.32 Å². The van der Waals surface area contributed by atoms with Gasteiger partial charge in [-0.1, -0.05) is 17.7 Å². The van der Waals surface area contributed by atoms with Crippen LogP contribution in [0.5, 0.6) is 0 Å². The van der Waals surface area contributed by atoms with E-state index in [0.29, 0.717) is 5.56 Å². The van der Waals surface area contributed by atoms with Crippen LogP contribution < -0.4 is 16.2 Å². The van der Waals surface area contributed by atoms with E-state index in [0.717, 1.165) is 21.0 Å². The second kappa shape index (κ2) is 7.28. The van der Waals surface area contributed by atoms with Crippen LogP contribution in [0.15, 0.2) is 24.3 Å². The van der Waals surface area contributed by atoms with Crippen LogP contribution in [0.25, 0.3) is 0 Å². The van der Waals surface area contributed by atoms with Crippen LogP contribution in [0.4, 0.5) is 5.69 Å². The third kappa shape index (κ3) is 4.56. The molecule has 0 saturated heterocycles. The Morgan fingerprint density at radius 1 is 1.04 bits per heavy atom. The highest BCUT2D eigenvalue weighted by atomic mass is 32.1. The molecule has 0 aliphatic heterocycles. The summed E-state index contributed by atoms with van der Waals surface area (Å²) in [6, 6.07) is 7.78. The summed E-state index contributed by atoms with van der Waals surface area (Å²) in [4.78, 5) is 25.8. The number of hydrazine groups is 1. The van der Waals surface area contributed by atoms with E-state index < -0.39 is 0 Å². The number of hydrogen-bond acceptors (Lipinski definition) is 4. The minimum Gasteiger partial charge on any atom is -0.376 e. The van der Waals surface area contributed by atoms with E-state index in [-0.39, 0.29) is 18.4 Å². The van der Waals surface area contributed by atoms with E-state index in [4.69, 9.17) is 0 Å². The van der Waals surface area contributed by atoms with Gasteiger partial charge in [0.1, 0.15) is 0 Å². The first-order valence-electron chi connectivity index (χ1n) is 7.34. The van der Waals surface area contributed by atoms with Crippen molar-refractivity contribution in [2.45, 2.75) is 27.7 Å². The van der Waals surface area contributed by atoms with Crippen LogP contribution in [0.3, 0.4) is 0 Å². The van der Waals surface area contributed by atoms with Crippen molar-refractivity contribution in [3.63, 3.8) is 0 Å². The van der Waals surface area contributed by atoms with E-state index in [9.17, 15) is 9.59 Å². The molecule has 122 valence electrons. The summed E-state index contributed by atoms with van der Waals surface area (Å²) < 4.78 is 0. The second-order valence-corrected chi connectivity index (χ2v) is 6.96. The summed E-state index contributed by atoms with van der Waals surface area (Å²) in [6.07, 6.45) is 0. The highest BCUT2D eigenvalue weighted by Crippen LogP contribution is 2.20. The van der Waals surface area contributed by atoms with Crippen molar-refractivity contribution in [2.24, 2.45) is 0 Å². The molecular formula is C17H21N3O2S. The number of anilines is 1. The average molecular weight is 331 g/mol. The Morgan fingerprint density at radius 2 is 1.78 bits per heavy atom. The number of benzene rings is 1. The molecule has 0 fully saturated rings. The third-order valence-electron chi connectivity index (χ3n) is 3.42. The molecule has 2 rings (SSSR count). The lowest BCUT2D eigenvalue weighted by atomic mass is 10.1. The van der Waals surface area contributed by atoms with Gasteiger partial charge in [0.25, 0.3) is 11.8 Å². The van der Waals surface area contributed by atoms with Crippen molar-refractivity contribution in [2.75, 3.05) is 11.9 Å². The Hall–Kier alpha value is -2.34. The van der Waals surface area contributed by atoms with Gasteiger partial charge in [-0.3, -0.25) is 20.4 Å². The monoisotopic (exact) mass is 331 g/mol. The van der Waals surface area contributed by atoms with Gasteiger partial charge in [-0.05, 0) is 45.4 Å². The molecule has 2 aromatic rings. The van der Waals surface area contributed by atoms with Gasteiger partial charge in [-0.2, -0.15) is 0 Å². The van der Waals surface area contributed by atoms with Crippen molar-refractivity contribution in [1.29, 1.82) is 0 Å². The molecule has 23 heavy (non-hydrogen) atoms. The van der Waals surface area contributed by atoms with Gasteiger partial charge in [0, 0.05) is 15.4 Å². The molecule has 1 aromatic carbocycles. The lowest BCUT2D eigenvalue weighted by molar-refractivity contribution is -0.120. The minimum atomic E-state index is -0.303. The third-order valence-corrected chi connectivity index (χ3v) is 4.39. The van der Waals surface area contributed by atoms with E-state index in [1.54, 1.807) is 11.3 Å². The Kier molecular flexibility index (Phi) is 5.39. The Balaban J connectivity index is 1.83. The standard InChI is InChI=1S/C17H21N3O2S/c1-10-5-6-15(11(2)7-10)18-9-16(21)19-20-17(22)14-8-12(3)23-13(14)4/h5-8,18H,9H2,1-4H3,(H,19,21)(H,20,22). The largest absolute Gasteiger partial charge is 0.376 e. The first kappa shape index (κ1) is 17.0.